The molecule has 18 heavy (non-hydrogen) atoms. The van der Waals surface area contributed by atoms with E-state index in [1.54, 1.807) is 0 Å². The smallest absolute Gasteiger partial charge is 0.273 e. The Morgan fingerprint density at radius 1 is 1.56 bits per heavy atom. The van der Waals surface area contributed by atoms with Gasteiger partial charge in [-0.25, -0.2) is 18.5 Å². The van der Waals surface area contributed by atoms with Crippen LogP contribution in [0.2, 0.25) is 0 Å². The van der Waals surface area contributed by atoms with Crippen molar-refractivity contribution in [1.29, 1.82) is 0 Å². The highest BCUT2D eigenvalue weighted by Gasteiger charge is 2.30. The first-order chi connectivity index (χ1) is 8.43. The predicted molar refractivity (Wildman–Crippen MR) is 62.7 cm³/mol. The number of nitrogens with one attached hydrogen (secondary N) is 1. The van der Waals surface area contributed by atoms with Gasteiger partial charge >= 0.3 is 0 Å². The number of amides is 1. The molecule has 1 aliphatic carbocycles. The minimum atomic E-state index is -3.96. The molecule has 98 valence electrons. The molecule has 1 amide bonds. The molecule has 1 fully saturated rings. The quantitative estimate of drug-likeness (QED) is 0.776. The van der Waals surface area contributed by atoms with Gasteiger partial charge in [-0.3, -0.25) is 4.79 Å². The van der Waals surface area contributed by atoms with Crippen LogP contribution < -0.4 is 15.2 Å². The monoisotopic (exact) mass is 271 g/mol. The van der Waals surface area contributed by atoms with Crippen LogP contribution in [-0.4, -0.2) is 32.5 Å². The first kappa shape index (κ1) is 12.8. The van der Waals surface area contributed by atoms with Crippen molar-refractivity contribution >= 4 is 15.9 Å². The van der Waals surface area contributed by atoms with Crippen LogP contribution in [0.15, 0.2) is 17.2 Å². The van der Waals surface area contributed by atoms with Crippen LogP contribution >= 0.6 is 0 Å². The molecule has 0 aromatic carbocycles. The van der Waals surface area contributed by atoms with Gasteiger partial charge in [0.1, 0.15) is 4.90 Å². The summed E-state index contributed by atoms with van der Waals surface area (Å²) in [5.74, 6) is -0.585. The van der Waals surface area contributed by atoms with Gasteiger partial charge in [-0.15, -0.1) is 0 Å². The zero-order chi connectivity index (χ0) is 13.3. The number of pyridine rings is 1. The van der Waals surface area contributed by atoms with Crippen molar-refractivity contribution in [2.24, 2.45) is 5.14 Å². The molecule has 0 aliphatic heterocycles. The van der Waals surface area contributed by atoms with Crippen molar-refractivity contribution in [2.75, 3.05) is 7.05 Å². The number of nitrogens with zero attached hydrogens (tertiary/aromatic N) is 1. The number of carbonyl (C=O) groups excluding carboxylic acids is 1. The molecule has 3 N–H and O–H groups in total. The van der Waals surface area contributed by atoms with Crippen LogP contribution in [0.1, 0.15) is 23.3 Å². The van der Waals surface area contributed by atoms with E-state index < -0.39 is 15.9 Å². The molecule has 1 aromatic rings. The fourth-order valence-electron chi connectivity index (χ4n) is 1.40. The largest absolute Gasteiger partial charge is 0.487 e. The van der Waals surface area contributed by atoms with Crippen LogP contribution in [0.3, 0.4) is 0 Å². The van der Waals surface area contributed by atoms with Gasteiger partial charge in [-0.2, -0.15) is 0 Å². The van der Waals surface area contributed by atoms with E-state index in [0.29, 0.717) is 0 Å². The van der Waals surface area contributed by atoms with E-state index in [4.69, 9.17) is 9.88 Å². The predicted octanol–water partition coefficient (Wildman–Crippen LogP) is -0.370. The van der Waals surface area contributed by atoms with Crippen molar-refractivity contribution < 1.29 is 17.9 Å². The lowest BCUT2D eigenvalue weighted by Crippen LogP contribution is -2.23. The van der Waals surface area contributed by atoms with Crippen molar-refractivity contribution in [1.82, 2.24) is 10.3 Å². The minimum Gasteiger partial charge on any atom is -0.487 e. The summed E-state index contributed by atoms with van der Waals surface area (Å²) in [6.45, 7) is 0. The topological polar surface area (TPSA) is 111 Å². The molecule has 7 nitrogen and oxygen atoms in total. The maximum atomic E-state index is 11.6. The Bertz CT molecular complexity index is 581. The maximum absolute atomic E-state index is 11.6. The fraction of sp³-hybridized carbons (Fsp3) is 0.400. The number of ether oxygens (including phenoxy) is 1. The fourth-order valence-corrected chi connectivity index (χ4v) is 2.05. The Hall–Kier alpha value is -1.67. The zero-order valence-corrected chi connectivity index (χ0v) is 10.5. The molecule has 0 saturated heterocycles. The Kier molecular flexibility index (Phi) is 3.22. The minimum absolute atomic E-state index is 0.0677. The van der Waals surface area contributed by atoms with Crippen LogP contribution in [-0.2, 0) is 10.0 Å². The average molecular weight is 271 g/mol. The summed E-state index contributed by atoms with van der Waals surface area (Å²) in [6.07, 6.45) is 2.79. The number of hydrogen-bond donors (Lipinski definition) is 2. The zero-order valence-electron chi connectivity index (χ0n) is 9.71. The summed E-state index contributed by atoms with van der Waals surface area (Å²) in [4.78, 5) is 15.3. The van der Waals surface area contributed by atoms with Gasteiger partial charge in [0.2, 0.25) is 10.0 Å². The third kappa shape index (κ3) is 2.59. The highest BCUT2D eigenvalue weighted by molar-refractivity contribution is 7.89. The maximum Gasteiger partial charge on any atom is 0.273 e. The Morgan fingerprint density at radius 3 is 2.72 bits per heavy atom. The molecule has 0 radical (unpaired) electrons. The van der Waals surface area contributed by atoms with Crippen LogP contribution in [0.5, 0.6) is 5.75 Å². The van der Waals surface area contributed by atoms with E-state index in [9.17, 15) is 13.2 Å². The molecule has 8 heteroatoms. The third-order valence-electron chi connectivity index (χ3n) is 2.43. The molecular formula is C10H13N3O4S. The number of nitrogens with two attached hydrogens (primary N) is 1. The highest BCUT2D eigenvalue weighted by Crippen LogP contribution is 2.32. The number of aromatic nitrogens is 1. The molecule has 1 saturated carbocycles. The van der Waals surface area contributed by atoms with Crippen molar-refractivity contribution in [3.63, 3.8) is 0 Å². The van der Waals surface area contributed by atoms with Crippen LogP contribution in [0, 0.1) is 0 Å². The van der Waals surface area contributed by atoms with E-state index in [1.807, 2.05) is 0 Å². The van der Waals surface area contributed by atoms with Gasteiger partial charge in [0.15, 0.2) is 11.4 Å². The lowest BCUT2D eigenvalue weighted by Gasteiger charge is -2.12. The highest BCUT2D eigenvalue weighted by atomic mass is 32.2. The Balaban J connectivity index is 2.55. The van der Waals surface area contributed by atoms with Gasteiger partial charge in [0, 0.05) is 13.2 Å². The summed E-state index contributed by atoms with van der Waals surface area (Å²) >= 11 is 0. The molecule has 1 heterocycles. The first-order valence-corrected chi connectivity index (χ1v) is 6.88. The van der Waals surface area contributed by atoms with Crippen molar-refractivity contribution in [2.45, 2.75) is 23.8 Å². The molecule has 0 atom stereocenters. The summed E-state index contributed by atoms with van der Waals surface area (Å²) < 4.78 is 28.4. The van der Waals surface area contributed by atoms with E-state index in [2.05, 4.69) is 10.3 Å². The summed E-state index contributed by atoms with van der Waals surface area (Å²) in [7, 11) is -2.54. The van der Waals surface area contributed by atoms with Gasteiger partial charge in [-0.05, 0) is 18.9 Å². The molecule has 0 bridgehead atoms. The summed E-state index contributed by atoms with van der Waals surface area (Å²) in [5, 5.41) is 7.47. The van der Waals surface area contributed by atoms with Gasteiger partial charge in [0.25, 0.3) is 5.91 Å². The molecule has 1 aromatic heterocycles. The van der Waals surface area contributed by atoms with Crippen LogP contribution in [0.4, 0.5) is 0 Å². The van der Waals surface area contributed by atoms with E-state index in [1.165, 1.54) is 19.3 Å². The molecular weight excluding hydrogens is 258 g/mol. The SMILES string of the molecule is CNC(=O)c1nccc(S(N)(=O)=O)c1OC1CC1. The number of hydrogen-bond acceptors (Lipinski definition) is 5. The van der Waals surface area contributed by atoms with Crippen molar-refractivity contribution in [3.05, 3.63) is 18.0 Å². The van der Waals surface area contributed by atoms with E-state index in [-0.39, 0.29) is 22.4 Å². The van der Waals surface area contributed by atoms with Gasteiger partial charge < -0.3 is 10.1 Å². The van der Waals surface area contributed by atoms with Gasteiger partial charge in [-0.1, -0.05) is 0 Å². The van der Waals surface area contributed by atoms with E-state index in [0.717, 1.165) is 12.8 Å². The van der Waals surface area contributed by atoms with Crippen LogP contribution in [0.25, 0.3) is 0 Å². The van der Waals surface area contributed by atoms with Gasteiger partial charge in [0.05, 0.1) is 6.10 Å². The first-order valence-electron chi connectivity index (χ1n) is 5.34. The summed E-state index contributed by atoms with van der Waals surface area (Å²) in [5.41, 5.74) is -0.0732. The number of sulfonamides is 1. The second-order valence-corrected chi connectivity index (χ2v) is 5.46. The lowest BCUT2D eigenvalue weighted by atomic mass is 10.3. The van der Waals surface area contributed by atoms with Crippen molar-refractivity contribution in [3.8, 4) is 5.75 Å². The molecule has 0 spiro atoms. The molecule has 0 unspecified atom stereocenters. The lowest BCUT2D eigenvalue weighted by molar-refractivity contribution is 0.0952. The Labute approximate surface area is 104 Å². The Morgan fingerprint density at radius 2 is 2.22 bits per heavy atom. The third-order valence-corrected chi connectivity index (χ3v) is 3.36. The summed E-state index contributed by atoms with van der Waals surface area (Å²) in [6, 6.07) is 1.22. The number of carbonyl (C=O) groups is 1. The number of primary sulfonamides is 1. The normalized spacial score (nSPS) is 15.2. The standard InChI is InChI=1S/C10H13N3O4S/c1-12-10(14)8-9(17-6-2-3-6)7(4-5-13-8)18(11,15)16/h4-6H,2-3H2,1H3,(H,12,14)(H2,11,15,16). The average Bonchev–Trinajstić information content (AvgIpc) is 3.11. The second-order valence-electron chi connectivity index (χ2n) is 3.93. The number of rotatable bonds is 4. The second kappa shape index (κ2) is 4.54. The van der Waals surface area contributed by atoms with E-state index >= 15 is 0 Å². The molecule has 2 rings (SSSR count). The molecule has 1 aliphatic rings.